The van der Waals surface area contributed by atoms with Gasteiger partial charge < -0.3 is 10.0 Å². The summed E-state index contributed by atoms with van der Waals surface area (Å²) in [5.74, 6) is -3.64. The van der Waals surface area contributed by atoms with Crippen LogP contribution in [-0.2, 0) is 9.59 Å². The molecular weight excluding hydrogens is 231 g/mol. The van der Waals surface area contributed by atoms with Gasteiger partial charge in [-0.1, -0.05) is 0 Å². The second kappa shape index (κ2) is 2.92. The quantitative estimate of drug-likeness (QED) is 0.716. The summed E-state index contributed by atoms with van der Waals surface area (Å²) in [6, 6.07) is -1.51. The molecule has 0 aromatic carbocycles. The molecule has 0 aromatic heterocycles. The molecule has 1 amide bonds. The number of aliphatic carboxylic acids is 1. The summed E-state index contributed by atoms with van der Waals surface area (Å²) >= 11 is 0. The van der Waals surface area contributed by atoms with E-state index >= 15 is 0 Å². The van der Waals surface area contributed by atoms with Gasteiger partial charge in [0.15, 0.2) is 0 Å². The molecule has 88 valence electrons. The number of carbonyl (C=O) groups is 2. The molecule has 6 nitrogen and oxygen atoms in total. The van der Waals surface area contributed by atoms with Gasteiger partial charge in [0, 0.05) is 6.42 Å². The lowest BCUT2D eigenvalue weighted by atomic mass is 10.1. The Morgan fingerprint density at radius 2 is 1.94 bits per heavy atom. The zero-order valence-corrected chi connectivity index (χ0v) is 7.73. The fraction of sp³-hybridized carbons (Fsp3) is 0.714. The van der Waals surface area contributed by atoms with Gasteiger partial charge in [-0.15, -0.1) is 0 Å². The number of halogens is 3. The van der Waals surface area contributed by atoms with Crippen LogP contribution < -0.4 is 0 Å². The number of hydrogen-bond donors (Lipinski definition) is 1. The molecule has 1 saturated heterocycles. The predicted molar refractivity (Wildman–Crippen MR) is 41.4 cm³/mol. The molecule has 1 N–H and O–H groups in total. The third-order valence-electron chi connectivity index (χ3n) is 2.49. The SMILES string of the molecule is O=C(O)[C@@H]1CC2(CN1C(=O)C(F)(F)F)N=N2. The Morgan fingerprint density at radius 1 is 1.38 bits per heavy atom. The van der Waals surface area contributed by atoms with Gasteiger partial charge in [0.1, 0.15) is 6.04 Å². The first kappa shape index (κ1) is 10.8. The number of alkyl halides is 3. The number of nitrogens with zero attached hydrogens (tertiary/aromatic N) is 3. The van der Waals surface area contributed by atoms with Gasteiger partial charge in [-0.25, -0.2) is 4.79 Å². The molecule has 0 unspecified atom stereocenters. The topological polar surface area (TPSA) is 82.3 Å². The fourth-order valence-electron chi connectivity index (χ4n) is 1.68. The van der Waals surface area contributed by atoms with Gasteiger partial charge >= 0.3 is 18.1 Å². The summed E-state index contributed by atoms with van der Waals surface area (Å²) in [6.07, 6.45) is -5.27. The Kier molecular flexibility index (Phi) is 1.98. The van der Waals surface area contributed by atoms with E-state index in [2.05, 4.69) is 10.2 Å². The van der Waals surface area contributed by atoms with Crippen molar-refractivity contribution in [3.05, 3.63) is 0 Å². The third-order valence-corrected chi connectivity index (χ3v) is 2.49. The monoisotopic (exact) mass is 237 g/mol. The molecule has 0 radical (unpaired) electrons. The van der Waals surface area contributed by atoms with Crippen molar-refractivity contribution in [1.82, 2.24) is 4.90 Å². The predicted octanol–water partition coefficient (Wildman–Crippen LogP) is 0.396. The molecule has 1 spiro atoms. The normalized spacial score (nSPS) is 26.2. The molecule has 0 saturated carbocycles. The lowest BCUT2D eigenvalue weighted by Gasteiger charge is -2.21. The number of carboxylic acid groups (broad SMARTS) is 1. The maximum atomic E-state index is 12.2. The van der Waals surface area contributed by atoms with Crippen LogP contribution in [0.3, 0.4) is 0 Å². The maximum absolute atomic E-state index is 12.2. The lowest BCUT2D eigenvalue weighted by molar-refractivity contribution is -0.188. The van der Waals surface area contributed by atoms with Gasteiger partial charge in [0.25, 0.3) is 0 Å². The smallest absolute Gasteiger partial charge is 0.471 e. The zero-order valence-electron chi connectivity index (χ0n) is 7.73. The minimum atomic E-state index is -5.08. The van der Waals surface area contributed by atoms with E-state index in [-0.39, 0.29) is 11.3 Å². The molecule has 1 fully saturated rings. The molecule has 9 heteroatoms. The number of carbonyl (C=O) groups excluding carboxylic acids is 1. The van der Waals surface area contributed by atoms with Crippen LogP contribution in [0.2, 0.25) is 0 Å². The fourth-order valence-corrected chi connectivity index (χ4v) is 1.68. The molecule has 2 heterocycles. The van der Waals surface area contributed by atoms with Gasteiger partial charge in [0.05, 0.1) is 6.54 Å². The van der Waals surface area contributed by atoms with Crippen molar-refractivity contribution >= 4 is 11.9 Å². The van der Waals surface area contributed by atoms with E-state index < -0.39 is 36.3 Å². The standard InChI is InChI=1S/C7H6F3N3O3/c8-7(9,10)5(16)13-2-6(11-12-6)1-3(13)4(14)15/h3H,1-2H2,(H,14,15)/t3-/m0/s1. The number of carboxylic acids is 1. The van der Waals surface area contributed by atoms with E-state index in [9.17, 15) is 22.8 Å². The highest BCUT2D eigenvalue weighted by molar-refractivity contribution is 5.88. The van der Waals surface area contributed by atoms with Gasteiger partial charge in [-0.2, -0.15) is 23.4 Å². The van der Waals surface area contributed by atoms with Crippen LogP contribution in [0.5, 0.6) is 0 Å². The van der Waals surface area contributed by atoms with Crippen molar-refractivity contribution in [1.29, 1.82) is 0 Å². The summed E-state index contributed by atoms with van der Waals surface area (Å²) in [7, 11) is 0. The molecule has 2 rings (SSSR count). The number of likely N-dealkylation sites (tertiary alicyclic amines) is 1. The van der Waals surface area contributed by atoms with Crippen LogP contribution in [0, 0.1) is 0 Å². The average molecular weight is 237 g/mol. The van der Waals surface area contributed by atoms with Crippen molar-refractivity contribution in [2.45, 2.75) is 24.3 Å². The van der Waals surface area contributed by atoms with Gasteiger partial charge in [-0.3, -0.25) is 4.79 Å². The van der Waals surface area contributed by atoms with Crippen molar-refractivity contribution < 1.29 is 27.9 Å². The van der Waals surface area contributed by atoms with Crippen LogP contribution in [-0.4, -0.2) is 46.3 Å². The van der Waals surface area contributed by atoms with Crippen LogP contribution in [0.15, 0.2) is 10.2 Å². The minimum absolute atomic E-state index is 0.190. The highest BCUT2D eigenvalue weighted by Gasteiger charge is 2.59. The first-order valence-electron chi connectivity index (χ1n) is 4.30. The van der Waals surface area contributed by atoms with E-state index in [1.165, 1.54) is 0 Å². The van der Waals surface area contributed by atoms with E-state index in [1.54, 1.807) is 0 Å². The number of amides is 1. The average Bonchev–Trinajstić information content (AvgIpc) is 2.74. The first-order chi connectivity index (χ1) is 7.25. The summed E-state index contributed by atoms with van der Waals surface area (Å²) < 4.78 is 36.5. The highest BCUT2D eigenvalue weighted by Crippen LogP contribution is 2.42. The van der Waals surface area contributed by atoms with E-state index in [0.29, 0.717) is 0 Å². The summed E-state index contributed by atoms with van der Waals surface area (Å²) in [6.45, 7) is -0.414. The largest absolute Gasteiger partial charge is 0.480 e. The second-order valence-electron chi connectivity index (χ2n) is 3.67. The van der Waals surface area contributed by atoms with E-state index in [1.807, 2.05) is 0 Å². The van der Waals surface area contributed by atoms with Crippen LogP contribution in [0.4, 0.5) is 13.2 Å². The summed E-state index contributed by atoms with van der Waals surface area (Å²) in [5.41, 5.74) is -1.11. The number of hydrogen-bond acceptors (Lipinski definition) is 4. The van der Waals surface area contributed by atoms with Gasteiger partial charge in [0.2, 0.25) is 5.66 Å². The van der Waals surface area contributed by atoms with Crippen molar-refractivity contribution in [2.75, 3.05) is 6.54 Å². The Morgan fingerprint density at radius 3 is 2.31 bits per heavy atom. The molecule has 16 heavy (non-hydrogen) atoms. The molecule has 2 aliphatic heterocycles. The molecule has 0 aliphatic carbocycles. The van der Waals surface area contributed by atoms with Crippen molar-refractivity contribution in [3.8, 4) is 0 Å². The first-order valence-corrected chi connectivity index (χ1v) is 4.30. The lowest BCUT2D eigenvalue weighted by Crippen LogP contribution is -2.47. The minimum Gasteiger partial charge on any atom is -0.480 e. The van der Waals surface area contributed by atoms with E-state index in [4.69, 9.17) is 5.11 Å². The van der Waals surface area contributed by atoms with Crippen molar-refractivity contribution in [3.63, 3.8) is 0 Å². The Balaban J connectivity index is 2.19. The third kappa shape index (κ3) is 1.61. The molecule has 2 aliphatic rings. The van der Waals surface area contributed by atoms with Crippen LogP contribution in [0.25, 0.3) is 0 Å². The summed E-state index contributed by atoms with van der Waals surface area (Å²) in [5, 5.41) is 15.7. The molecule has 1 atom stereocenters. The highest BCUT2D eigenvalue weighted by atomic mass is 19.4. The van der Waals surface area contributed by atoms with Crippen LogP contribution >= 0.6 is 0 Å². The zero-order chi connectivity index (χ0) is 12.1. The molecular formula is C7H6F3N3O3. The maximum Gasteiger partial charge on any atom is 0.471 e. The van der Waals surface area contributed by atoms with Gasteiger partial charge in [-0.05, 0) is 0 Å². The molecule has 0 aromatic rings. The van der Waals surface area contributed by atoms with E-state index in [0.717, 1.165) is 0 Å². The second-order valence-corrected chi connectivity index (χ2v) is 3.67. The van der Waals surface area contributed by atoms with Crippen molar-refractivity contribution in [2.24, 2.45) is 10.2 Å². The Bertz CT molecular complexity index is 386. The van der Waals surface area contributed by atoms with Crippen LogP contribution in [0.1, 0.15) is 6.42 Å². The number of rotatable bonds is 1. The Hall–Kier alpha value is -1.67. The Labute approximate surface area is 86.7 Å². The molecule has 0 bridgehead atoms. The summed E-state index contributed by atoms with van der Waals surface area (Å²) in [4.78, 5) is 21.9.